The summed E-state index contributed by atoms with van der Waals surface area (Å²) in [6.07, 6.45) is 0. The van der Waals surface area contributed by atoms with Gasteiger partial charge in [0.15, 0.2) is 0 Å². The molecule has 0 saturated carbocycles. The van der Waals surface area contributed by atoms with Crippen molar-refractivity contribution in [3.05, 3.63) is 47.5 Å². The zero-order valence-corrected chi connectivity index (χ0v) is 11.5. The molecule has 2 aromatic carbocycles. The lowest BCUT2D eigenvalue weighted by Gasteiger charge is -2.21. The van der Waals surface area contributed by atoms with E-state index < -0.39 is 5.97 Å². The van der Waals surface area contributed by atoms with Gasteiger partial charge in [0.1, 0.15) is 0 Å². The van der Waals surface area contributed by atoms with Gasteiger partial charge in [0.25, 0.3) is 0 Å². The van der Waals surface area contributed by atoms with Gasteiger partial charge in [-0.1, -0.05) is 30.3 Å². The van der Waals surface area contributed by atoms with Gasteiger partial charge in [0.05, 0.1) is 5.56 Å². The Hall–Kier alpha value is -1.87. The average Bonchev–Trinajstić information content (AvgIpc) is 2.34. The molecule has 0 radical (unpaired) electrons. The van der Waals surface area contributed by atoms with Crippen LogP contribution in [0.15, 0.2) is 36.4 Å². The molecule has 0 saturated heterocycles. The van der Waals surface area contributed by atoms with Gasteiger partial charge in [-0.3, -0.25) is 0 Å². The summed E-state index contributed by atoms with van der Waals surface area (Å²) in [6, 6.07) is 11.2. The molecule has 0 bridgehead atoms. The van der Waals surface area contributed by atoms with Crippen LogP contribution in [0.25, 0.3) is 10.8 Å². The third-order valence-electron chi connectivity index (χ3n) is 3.05. The number of carboxylic acid groups (broad SMARTS) is 1. The van der Waals surface area contributed by atoms with E-state index in [0.717, 1.165) is 22.9 Å². The molecule has 0 spiro atoms. The van der Waals surface area contributed by atoms with Crippen LogP contribution in [0.1, 0.15) is 36.7 Å². The average molecular weight is 257 g/mol. The van der Waals surface area contributed by atoms with Crippen molar-refractivity contribution in [2.75, 3.05) is 0 Å². The summed E-state index contributed by atoms with van der Waals surface area (Å²) >= 11 is 0. The van der Waals surface area contributed by atoms with Crippen molar-refractivity contribution < 1.29 is 9.90 Å². The number of fused-ring (bicyclic) bond motifs is 1. The minimum Gasteiger partial charge on any atom is -0.478 e. The van der Waals surface area contributed by atoms with Crippen molar-refractivity contribution in [3.8, 4) is 0 Å². The number of aromatic carboxylic acids is 1. The maximum Gasteiger partial charge on any atom is 0.336 e. The summed E-state index contributed by atoms with van der Waals surface area (Å²) in [5, 5.41) is 14.4. The van der Waals surface area contributed by atoms with Crippen LogP contribution in [0.4, 0.5) is 0 Å². The summed E-state index contributed by atoms with van der Waals surface area (Å²) < 4.78 is 0. The highest BCUT2D eigenvalue weighted by Gasteiger charge is 2.12. The standard InChI is InChI=1S/C16H19NO2/c1-16(2,3)17-10-11-6-4-8-13-12(11)7-5-9-14(13)15(18)19/h4-9,17H,10H2,1-3H3,(H,18,19). The fourth-order valence-corrected chi connectivity index (χ4v) is 2.08. The molecule has 3 nitrogen and oxygen atoms in total. The maximum atomic E-state index is 11.2. The number of carbonyl (C=O) groups is 1. The second-order valence-electron chi connectivity index (χ2n) is 5.73. The lowest BCUT2D eigenvalue weighted by Crippen LogP contribution is -2.35. The smallest absolute Gasteiger partial charge is 0.336 e. The van der Waals surface area contributed by atoms with Gasteiger partial charge >= 0.3 is 5.97 Å². The van der Waals surface area contributed by atoms with E-state index in [1.807, 2.05) is 24.3 Å². The van der Waals surface area contributed by atoms with Crippen LogP contribution in [0.5, 0.6) is 0 Å². The molecule has 0 aliphatic heterocycles. The second kappa shape index (κ2) is 5.02. The Morgan fingerprint density at radius 2 is 1.74 bits per heavy atom. The molecule has 2 N–H and O–H groups in total. The van der Waals surface area contributed by atoms with E-state index in [2.05, 4.69) is 26.1 Å². The zero-order chi connectivity index (χ0) is 14.0. The molecule has 2 aromatic rings. The Labute approximate surface area is 113 Å². The molecular formula is C16H19NO2. The van der Waals surface area contributed by atoms with Crippen molar-refractivity contribution in [2.45, 2.75) is 32.9 Å². The molecule has 0 aliphatic carbocycles. The third-order valence-corrected chi connectivity index (χ3v) is 3.05. The number of hydrogen-bond acceptors (Lipinski definition) is 2. The van der Waals surface area contributed by atoms with E-state index in [4.69, 9.17) is 0 Å². The lowest BCUT2D eigenvalue weighted by atomic mass is 9.99. The number of carboxylic acids is 1. The first-order valence-corrected chi connectivity index (χ1v) is 6.37. The van der Waals surface area contributed by atoms with Crippen molar-refractivity contribution in [1.82, 2.24) is 5.32 Å². The molecule has 19 heavy (non-hydrogen) atoms. The summed E-state index contributed by atoms with van der Waals surface area (Å²) in [4.78, 5) is 11.2. The number of nitrogens with one attached hydrogen (secondary N) is 1. The first kappa shape index (κ1) is 13.6. The molecule has 3 heteroatoms. The van der Waals surface area contributed by atoms with Crippen LogP contribution in [0.2, 0.25) is 0 Å². The highest BCUT2D eigenvalue weighted by molar-refractivity contribution is 6.04. The predicted octanol–water partition coefficient (Wildman–Crippen LogP) is 3.43. The van der Waals surface area contributed by atoms with Crippen LogP contribution >= 0.6 is 0 Å². The van der Waals surface area contributed by atoms with Crippen molar-refractivity contribution in [3.63, 3.8) is 0 Å². The highest BCUT2D eigenvalue weighted by Crippen LogP contribution is 2.23. The van der Waals surface area contributed by atoms with Gasteiger partial charge < -0.3 is 10.4 Å². The van der Waals surface area contributed by atoms with E-state index >= 15 is 0 Å². The lowest BCUT2D eigenvalue weighted by molar-refractivity contribution is 0.0699. The summed E-state index contributed by atoms with van der Waals surface area (Å²) in [5.41, 5.74) is 1.51. The molecule has 0 unspecified atom stereocenters. The van der Waals surface area contributed by atoms with E-state index in [9.17, 15) is 9.90 Å². The van der Waals surface area contributed by atoms with Crippen molar-refractivity contribution >= 4 is 16.7 Å². The molecule has 100 valence electrons. The number of hydrogen-bond donors (Lipinski definition) is 2. The first-order chi connectivity index (χ1) is 8.88. The van der Waals surface area contributed by atoms with Crippen LogP contribution in [0, 0.1) is 0 Å². The largest absolute Gasteiger partial charge is 0.478 e. The Morgan fingerprint density at radius 1 is 1.11 bits per heavy atom. The SMILES string of the molecule is CC(C)(C)NCc1cccc2c(C(=O)O)cccc12. The fourth-order valence-electron chi connectivity index (χ4n) is 2.08. The van der Waals surface area contributed by atoms with Gasteiger partial charge in [-0.25, -0.2) is 4.79 Å². The van der Waals surface area contributed by atoms with E-state index in [0.29, 0.717) is 5.56 Å². The van der Waals surface area contributed by atoms with Crippen molar-refractivity contribution in [2.24, 2.45) is 0 Å². The maximum absolute atomic E-state index is 11.2. The van der Waals surface area contributed by atoms with Crippen LogP contribution in [-0.4, -0.2) is 16.6 Å². The molecular weight excluding hydrogens is 238 g/mol. The summed E-state index contributed by atoms with van der Waals surface area (Å²) in [5.74, 6) is -0.883. The van der Waals surface area contributed by atoms with Gasteiger partial charge in [-0.2, -0.15) is 0 Å². The van der Waals surface area contributed by atoms with Gasteiger partial charge in [-0.15, -0.1) is 0 Å². The molecule has 0 heterocycles. The normalized spacial score (nSPS) is 11.7. The topological polar surface area (TPSA) is 49.3 Å². The first-order valence-electron chi connectivity index (χ1n) is 6.37. The molecule has 2 rings (SSSR count). The van der Waals surface area contributed by atoms with Gasteiger partial charge in [-0.05, 0) is 43.2 Å². The predicted molar refractivity (Wildman–Crippen MR) is 77.5 cm³/mol. The minimum atomic E-state index is -0.883. The third kappa shape index (κ3) is 3.12. The Kier molecular flexibility index (Phi) is 3.58. The molecule has 0 aliphatic rings. The van der Waals surface area contributed by atoms with Crippen LogP contribution < -0.4 is 5.32 Å². The Balaban J connectivity index is 2.46. The summed E-state index contributed by atoms with van der Waals surface area (Å²) in [7, 11) is 0. The van der Waals surface area contributed by atoms with Crippen molar-refractivity contribution in [1.29, 1.82) is 0 Å². The van der Waals surface area contributed by atoms with E-state index in [-0.39, 0.29) is 5.54 Å². The second-order valence-corrected chi connectivity index (χ2v) is 5.73. The zero-order valence-electron chi connectivity index (χ0n) is 11.5. The molecule has 0 fully saturated rings. The molecule has 0 atom stereocenters. The Bertz CT molecular complexity index is 612. The van der Waals surface area contributed by atoms with Crippen LogP contribution in [0.3, 0.4) is 0 Å². The minimum absolute atomic E-state index is 0.0343. The monoisotopic (exact) mass is 257 g/mol. The van der Waals surface area contributed by atoms with Crippen LogP contribution in [-0.2, 0) is 6.54 Å². The van der Waals surface area contributed by atoms with E-state index in [1.54, 1.807) is 12.1 Å². The van der Waals surface area contributed by atoms with E-state index in [1.165, 1.54) is 0 Å². The molecule has 0 aromatic heterocycles. The quantitative estimate of drug-likeness (QED) is 0.885. The highest BCUT2D eigenvalue weighted by atomic mass is 16.4. The Morgan fingerprint density at radius 3 is 2.37 bits per heavy atom. The number of benzene rings is 2. The number of rotatable bonds is 3. The van der Waals surface area contributed by atoms with Gasteiger partial charge in [0.2, 0.25) is 0 Å². The molecule has 0 amide bonds. The summed E-state index contributed by atoms with van der Waals surface area (Å²) in [6.45, 7) is 7.06. The van der Waals surface area contributed by atoms with Gasteiger partial charge in [0, 0.05) is 12.1 Å². The fraction of sp³-hybridized carbons (Fsp3) is 0.312.